The van der Waals surface area contributed by atoms with Gasteiger partial charge in [0.25, 0.3) is 0 Å². The van der Waals surface area contributed by atoms with Crippen molar-refractivity contribution in [3.63, 3.8) is 0 Å². The lowest BCUT2D eigenvalue weighted by Crippen LogP contribution is -2.22. The molecule has 2 unspecified atom stereocenters. The fourth-order valence-corrected chi connectivity index (χ4v) is 3.51. The molecule has 2 nitrogen and oxygen atoms in total. The van der Waals surface area contributed by atoms with E-state index in [0.717, 1.165) is 41.0 Å². The number of rotatable bonds is 3. The highest BCUT2D eigenvalue weighted by atomic mass is 35.5. The molecule has 0 bridgehead atoms. The normalized spacial score (nSPS) is 22.9. The van der Waals surface area contributed by atoms with Gasteiger partial charge in [0.05, 0.1) is 5.52 Å². The van der Waals surface area contributed by atoms with E-state index in [9.17, 15) is 0 Å². The van der Waals surface area contributed by atoms with Gasteiger partial charge in [-0.05, 0) is 49.4 Å². The summed E-state index contributed by atoms with van der Waals surface area (Å²) in [4.78, 5) is 4.36. The van der Waals surface area contributed by atoms with Crippen molar-refractivity contribution < 1.29 is 0 Å². The summed E-state index contributed by atoms with van der Waals surface area (Å²) < 4.78 is 0. The molecule has 0 aliphatic heterocycles. The van der Waals surface area contributed by atoms with Crippen molar-refractivity contribution in [1.82, 2.24) is 4.98 Å². The number of nitrogens with zero attached hydrogens (tertiary/aromatic N) is 1. The summed E-state index contributed by atoms with van der Waals surface area (Å²) in [5.74, 6) is 0.668. The van der Waals surface area contributed by atoms with E-state index in [1.807, 2.05) is 30.5 Å². The van der Waals surface area contributed by atoms with Gasteiger partial charge in [-0.15, -0.1) is 11.6 Å². The Labute approximate surface area is 129 Å². The highest BCUT2D eigenvalue weighted by molar-refractivity contribution is 6.31. The molecule has 1 fully saturated rings. The molecule has 2 atom stereocenters. The smallest absolute Gasteiger partial charge is 0.0737 e. The van der Waals surface area contributed by atoms with Crippen LogP contribution >= 0.6 is 23.2 Å². The molecule has 20 heavy (non-hydrogen) atoms. The second kappa shape index (κ2) is 6.19. The van der Waals surface area contributed by atoms with Crippen LogP contribution in [0.15, 0.2) is 30.5 Å². The Morgan fingerprint density at radius 1 is 1.25 bits per heavy atom. The molecule has 0 spiro atoms. The standard InChI is InChI=1S/C16H18Cl2N2/c17-12-3-1-2-11(8-12)10-20-15-6-7-19-16-9-13(18)4-5-14(15)16/h4-7,9,11-12H,1-3,8,10H2,(H,19,20). The number of hydrogen-bond donors (Lipinski definition) is 1. The Balaban J connectivity index is 1.74. The van der Waals surface area contributed by atoms with Crippen molar-refractivity contribution in [3.8, 4) is 0 Å². The first-order valence-electron chi connectivity index (χ1n) is 7.14. The SMILES string of the molecule is Clc1ccc2c(NCC3CCCC(Cl)C3)ccnc2c1. The fraction of sp³-hybridized carbons (Fsp3) is 0.438. The van der Waals surface area contributed by atoms with E-state index in [1.165, 1.54) is 12.8 Å². The van der Waals surface area contributed by atoms with Gasteiger partial charge in [0.1, 0.15) is 0 Å². The molecule has 0 amide bonds. The Morgan fingerprint density at radius 3 is 3.00 bits per heavy atom. The lowest BCUT2D eigenvalue weighted by Gasteiger charge is -2.26. The molecule has 1 saturated carbocycles. The Hall–Kier alpha value is -0.990. The van der Waals surface area contributed by atoms with Crippen molar-refractivity contribution in [3.05, 3.63) is 35.5 Å². The highest BCUT2D eigenvalue weighted by Gasteiger charge is 2.20. The zero-order chi connectivity index (χ0) is 13.9. The molecule has 1 N–H and O–H groups in total. The van der Waals surface area contributed by atoms with E-state index in [2.05, 4.69) is 10.3 Å². The summed E-state index contributed by atoms with van der Waals surface area (Å²) in [6.07, 6.45) is 6.61. The zero-order valence-corrected chi connectivity index (χ0v) is 12.8. The number of aromatic nitrogens is 1. The van der Waals surface area contributed by atoms with Crippen molar-refractivity contribution in [1.29, 1.82) is 0 Å². The average molecular weight is 309 g/mol. The van der Waals surface area contributed by atoms with Crippen LogP contribution in [0, 0.1) is 5.92 Å². The third-order valence-electron chi connectivity index (χ3n) is 4.00. The second-order valence-corrected chi connectivity index (χ2v) is 6.58. The Bertz CT molecular complexity index is 600. The minimum atomic E-state index is 0.351. The molecule has 4 heteroatoms. The van der Waals surface area contributed by atoms with E-state index < -0.39 is 0 Å². The van der Waals surface area contributed by atoms with Gasteiger partial charge in [-0.1, -0.05) is 18.0 Å². The van der Waals surface area contributed by atoms with Crippen LogP contribution < -0.4 is 5.32 Å². The molecule has 1 aromatic heterocycles. The maximum atomic E-state index is 6.25. The third-order valence-corrected chi connectivity index (χ3v) is 4.64. The monoisotopic (exact) mass is 308 g/mol. The number of nitrogens with one attached hydrogen (secondary N) is 1. The van der Waals surface area contributed by atoms with Gasteiger partial charge in [-0.3, -0.25) is 4.98 Å². The number of pyridine rings is 1. The largest absolute Gasteiger partial charge is 0.384 e. The fourth-order valence-electron chi connectivity index (χ4n) is 2.94. The van der Waals surface area contributed by atoms with E-state index in [1.54, 1.807) is 0 Å². The maximum Gasteiger partial charge on any atom is 0.0737 e. The molecule has 1 aromatic carbocycles. The van der Waals surface area contributed by atoms with E-state index in [0.29, 0.717) is 11.3 Å². The van der Waals surface area contributed by atoms with Gasteiger partial charge in [0.2, 0.25) is 0 Å². The number of alkyl halides is 1. The number of fused-ring (bicyclic) bond motifs is 1. The first-order valence-corrected chi connectivity index (χ1v) is 7.96. The summed E-state index contributed by atoms with van der Waals surface area (Å²) in [5, 5.41) is 5.75. The van der Waals surface area contributed by atoms with Crippen LogP contribution in [0.2, 0.25) is 5.02 Å². The van der Waals surface area contributed by atoms with E-state index >= 15 is 0 Å². The lowest BCUT2D eigenvalue weighted by atomic mass is 9.89. The number of benzene rings is 1. The summed E-state index contributed by atoms with van der Waals surface area (Å²) in [6, 6.07) is 7.86. The molecule has 106 valence electrons. The molecule has 2 aromatic rings. The minimum Gasteiger partial charge on any atom is -0.384 e. The summed E-state index contributed by atoms with van der Waals surface area (Å²) in [7, 11) is 0. The molecule has 3 rings (SSSR count). The Morgan fingerprint density at radius 2 is 2.15 bits per heavy atom. The van der Waals surface area contributed by atoms with Crippen LogP contribution in [0.4, 0.5) is 5.69 Å². The average Bonchev–Trinajstić information content (AvgIpc) is 2.44. The molecule has 0 radical (unpaired) electrons. The van der Waals surface area contributed by atoms with Gasteiger partial charge >= 0.3 is 0 Å². The maximum absolute atomic E-state index is 6.25. The van der Waals surface area contributed by atoms with Gasteiger partial charge in [0.15, 0.2) is 0 Å². The summed E-state index contributed by atoms with van der Waals surface area (Å²) >= 11 is 12.3. The van der Waals surface area contributed by atoms with Crippen LogP contribution in [0.25, 0.3) is 10.9 Å². The third kappa shape index (κ3) is 3.18. The van der Waals surface area contributed by atoms with Crippen LogP contribution in [0.3, 0.4) is 0 Å². The van der Waals surface area contributed by atoms with Crippen LogP contribution in [0.1, 0.15) is 25.7 Å². The summed E-state index contributed by atoms with van der Waals surface area (Å²) in [5.41, 5.74) is 2.06. The van der Waals surface area contributed by atoms with Crippen LogP contribution in [0.5, 0.6) is 0 Å². The second-order valence-electron chi connectivity index (χ2n) is 5.53. The molecule has 0 saturated heterocycles. The summed E-state index contributed by atoms with van der Waals surface area (Å²) in [6.45, 7) is 0.977. The molecule has 1 aliphatic rings. The van der Waals surface area contributed by atoms with E-state index in [-0.39, 0.29) is 0 Å². The van der Waals surface area contributed by atoms with Gasteiger partial charge < -0.3 is 5.32 Å². The van der Waals surface area contributed by atoms with Crippen LogP contribution in [-0.2, 0) is 0 Å². The van der Waals surface area contributed by atoms with Crippen molar-refractivity contribution in [2.75, 3.05) is 11.9 Å². The zero-order valence-electron chi connectivity index (χ0n) is 11.3. The topological polar surface area (TPSA) is 24.9 Å². The number of anilines is 1. The Kier molecular flexibility index (Phi) is 4.32. The predicted octanol–water partition coefficient (Wildman–Crippen LogP) is 5.10. The molecular weight excluding hydrogens is 291 g/mol. The van der Waals surface area contributed by atoms with Crippen molar-refractivity contribution in [2.45, 2.75) is 31.1 Å². The van der Waals surface area contributed by atoms with Gasteiger partial charge in [-0.2, -0.15) is 0 Å². The first kappa shape index (κ1) is 14.0. The highest BCUT2D eigenvalue weighted by Crippen LogP contribution is 2.29. The van der Waals surface area contributed by atoms with Crippen LogP contribution in [-0.4, -0.2) is 16.9 Å². The molecule has 1 aliphatic carbocycles. The quantitative estimate of drug-likeness (QED) is 0.798. The van der Waals surface area contributed by atoms with Crippen molar-refractivity contribution >= 4 is 39.8 Å². The lowest BCUT2D eigenvalue weighted by molar-refractivity contribution is 0.378. The number of hydrogen-bond acceptors (Lipinski definition) is 2. The van der Waals surface area contributed by atoms with Gasteiger partial charge in [-0.25, -0.2) is 0 Å². The van der Waals surface area contributed by atoms with Crippen molar-refractivity contribution in [2.24, 2.45) is 5.92 Å². The molecular formula is C16H18Cl2N2. The van der Waals surface area contributed by atoms with E-state index in [4.69, 9.17) is 23.2 Å². The first-order chi connectivity index (χ1) is 9.72. The predicted molar refractivity (Wildman–Crippen MR) is 86.8 cm³/mol. The number of halogens is 2. The minimum absolute atomic E-state index is 0.351. The molecule has 1 heterocycles. The van der Waals surface area contributed by atoms with Gasteiger partial charge in [0, 0.05) is 34.2 Å².